The van der Waals surface area contributed by atoms with E-state index in [9.17, 15) is 13.2 Å². The van der Waals surface area contributed by atoms with Gasteiger partial charge in [-0.1, -0.05) is 0 Å². The summed E-state index contributed by atoms with van der Waals surface area (Å²) in [6.45, 7) is 12.0. The van der Waals surface area contributed by atoms with E-state index in [1.807, 2.05) is 34.6 Å². The third kappa shape index (κ3) is 2.68. The van der Waals surface area contributed by atoms with E-state index in [4.69, 9.17) is 0 Å². The summed E-state index contributed by atoms with van der Waals surface area (Å²) in [5.74, 6) is -0.530. The van der Waals surface area contributed by atoms with Crippen LogP contribution in [0.2, 0.25) is 0 Å². The number of fused-ring (bicyclic) bond motifs is 1. The maximum atomic E-state index is 13.3. The highest BCUT2D eigenvalue weighted by Crippen LogP contribution is 2.32. The molecule has 8 nitrogen and oxygen atoms in total. The van der Waals surface area contributed by atoms with E-state index in [-0.39, 0.29) is 11.6 Å². The number of pyridine rings is 1. The molecule has 9 heteroatoms. The fourth-order valence-corrected chi connectivity index (χ4v) is 4.18. The first-order valence-corrected chi connectivity index (χ1v) is 10.3. The summed E-state index contributed by atoms with van der Waals surface area (Å²) in [4.78, 5) is 17.3. The average molecular weight is 404 g/mol. The molecule has 3 aromatic rings. The Morgan fingerprint density at radius 2 is 1.50 bits per heavy atom. The molecule has 3 rings (SSSR count). The summed E-state index contributed by atoms with van der Waals surface area (Å²) >= 11 is 0. The van der Waals surface area contributed by atoms with Crippen LogP contribution in [0.4, 0.5) is 0 Å². The minimum absolute atomic E-state index is 0.142. The number of hydrogen-bond donors (Lipinski definition) is 0. The molecule has 0 fully saturated rings. The highest BCUT2D eigenvalue weighted by molar-refractivity contribution is 7.87. The van der Waals surface area contributed by atoms with Crippen LogP contribution in [-0.2, 0) is 10.2 Å². The van der Waals surface area contributed by atoms with Gasteiger partial charge < -0.3 is 4.40 Å². The SMILES string of the molecule is Cc1c(C)c(C)n2c(C)c(C)c(C(=O)c3ncn(S(=O)(=O)N(C)C)n3)c2c1C. The van der Waals surface area contributed by atoms with E-state index < -0.39 is 10.2 Å². The van der Waals surface area contributed by atoms with E-state index in [1.165, 1.54) is 19.7 Å². The molecule has 0 N–H and O–H groups in total. The summed E-state index contributed by atoms with van der Waals surface area (Å²) in [5.41, 5.74) is 7.56. The lowest BCUT2D eigenvalue weighted by Crippen LogP contribution is -2.29. The van der Waals surface area contributed by atoms with Gasteiger partial charge in [0.2, 0.25) is 11.6 Å². The van der Waals surface area contributed by atoms with Gasteiger partial charge in [-0.2, -0.15) is 12.7 Å². The highest BCUT2D eigenvalue weighted by atomic mass is 32.2. The molecule has 0 aromatic carbocycles. The Kier molecular flexibility index (Phi) is 4.71. The molecule has 0 bridgehead atoms. The predicted molar refractivity (Wildman–Crippen MR) is 107 cm³/mol. The molecule has 0 aliphatic heterocycles. The van der Waals surface area contributed by atoms with Crippen molar-refractivity contribution in [1.29, 1.82) is 0 Å². The van der Waals surface area contributed by atoms with Crippen molar-refractivity contribution in [2.24, 2.45) is 0 Å². The summed E-state index contributed by atoms with van der Waals surface area (Å²) in [6, 6.07) is 0. The zero-order valence-corrected chi connectivity index (χ0v) is 18.3. The third-order valence-electron chi connectivity index (χ3n) is 5.67. The minimum atomic E-state index is -3.83. The summed E-state index contributed by atoms with van der Waals surface area (Å²) < 4.78 is 28.3. The molecule has 28 heavy (non-hydrogen) atoms. The van der Waals surface area contributed by atoms with Crippen LogP contribution in [0.25, 0.3) is 5.52 Å². The lowest BCUT2D eigenvalue weighted by molar-refractivity contribution is 0.103. The van der Waals surface area contributed by atoms with Gasteiger partial charge in [-0.05, 0) is 63.8 Å². The fourth-order valence-electron chi connectivity index (χ4n) is 3.50. The van der Waals surface area contributed by atoms with Crippen LogP contribution in [-0.4, -0.2) is 51.2 Å². The summed E-state index contributed by atoms with van der Waals surface area (Å²) in [7, 11) is -1.04. The van der Waals surface area contributed by atoms with Gasteiger partial charge >= 0.3 is 10.2 Å². The molecule has 0 spiro atoms. The molecule has 0 amide bonds. The minimum Gasteiger partial charge on any atom is -0.317 e. The Morgan fingerprint density at radius 3 is 2.07 bits per heavy atom. The average Bonchev–Trinajstić information content (AvgIpc) is 3.22. The number of nitrogens with zero attached hydrogens (tertiary/aromatic N) is 5. The first kappa shape index (κ1) is 20.2. The van der Waals surface area contributed by atoms with Gasteiger partial charge in [0.1, 0.15) is 6.33 Å². The van der Waals surface area contributed by atoms with Crippen molar-refractivity contribution < 1.29 is 13.2 Å². The summed E-state index contributed by atoms with van der Waals surface area (Å²) in [6.07, 6.45) is 1.05. The second-order valence-electron chi connectivity index (χ2n) is 7.29. The van der Waals surface area contributed by atoms with Gasteiger partial charge in [-0.25, -0.2) is 4.98 Å². The molecule has 0 aliphatic carbocycles. The Bertz CT molecular complexity index is 1230. The quantitative estimate of drug-likeness (QED) is 0.624. The summed E-state index contributed by atoms with van der Waals surface area (Å²) in [5, 5.41) is 3.95. The normalized spacial score (nSPS) is 12.3. The Morgan fingerprint density at radius 1 is 0.929 bits per heavy atom. The highest BCUT2D eigenvalue weighted by Gasteiger charge is 2.28. The number of ketones is 1. The Balaban J connectivity index is 2.27. The predicted octanol–water partition coefficient (Wildman–Crippen LogP) is 2.27. The van der Waals surface area contributed by atoms with E-state index >= 15 is 0 Å². The zero-order chi connectivity index (χ0) is 21.1. The van der Waals surface area contributed by atoms with Crippen LogP contribution in [0.1, 0.15) is 49.8 Å². The molecule has 0 saturated heterocycles. The number of aryl methyl sites for hydroxylation is 3. The largest absolute Gasteiger partial charge is 0.323 e. The maximum Gasteiger partial charge on any atom is 0.323 e. The van der Waals surface area contributed by atoms with Crippen molar-refractivity contribution in [3.8, 4) is 0 Å². The van der Waals surface area contributed by atoms with Gasteiger partial charge in [-0.15, -0.1) is 9.19 Å². The zero-order valence-electron chi connectivity index (χ0n) is 17.4. The fraction of sp³-hybridized carbons (Fsp3) is 0.421. The maximum absolute atomic E-state index is 13.3. The molecular weight excluding hydrogens is 378 g/mol. The van der Waals surface area contributed by atoms with Gasteiger partial charge in [0, 0.05) is 25.5 Å². The van der Waals surface area contributed by atoms with Crippen molar-refractivity contribution in [2.45, 2.75) is 41.5 Å². The second-order valence-corrected chi connectivity index (χ2v) is 9.29. The molecule has 0 aliphatic rings. The third-order valence-corrected chi connectivity index (χ3v) is 7.24. The van der Waals surface area contributed by atoms with E-state index in [0.717, 1.165) is 44.2 Å². The number of carbonyl (C=O) groups is 1. The Labute approximate surface area is 165 Å². The number of carbonyl (C=O) groups excluding carboxylic acids is 1. The van der Waals surface area contributed by atoms with E-state index in [2.05, 4.69) is 21.4 Å². The topological polar surface area (TPSA) is 89.6 Å². The lowest BCUT2D eigenvalue weighted by atomic mass is 9.99. The van der Waals surface area contributed by atoms with Crippen LogP contribution in [0, 0.1) is 41.5 Å². The molecule has 0 unspecified atom stereocenters. The van der Waals surface area contributed by atoms with Crippen LogP contribution >= 0.6 is 0 Å². The van der Waals surface area contributed by atoms with Crippen molar-refractivity contribution in [2.75, 3.05) is 14.1 Å². The number of rotatable bonds is 4. The molecule has 150 valence electrons. The molecule has 0 saturated carbocycles. The number of hydrogen-bond acceptors (Lipinski definition) is 5. The molecule has 0 radical (unpaired) electrons. The molecule has 0 atom stereocenters. The van der Waals surface area contributed by atoms with Gasteiger partial charge in [-0.3, -0.25) is 4.79 Å². The van der Waals surface area contributed by atoms with Gasteiger partial charge in [0.15, 0.2) is 0 Å². The first-order chi connectivity index (χ1) is 12.9. The van der Waals surface area contributed by atoms with Crippen LogP contribution in [0.5, 0.6) is 0 Å². The van der Waals surface area contributed by atoms with Crippen molar-refractivity contribution in [1.82, 2.24) is 22.9 Å². The van der Waals surface area contributed by atoms with Crippen LogP contribution < -0.4 is 0 Å². The van der Waals surface area contributed by atoms with E-state index in [0.29, 0.717) is 9.65 Å². The van der Waals surface area contributed by atoms with E-state index in [1.54, 1.807) is 0 Å². The van der Waals surface area contributed by atoms with Crippen LogP contribution in [0.15, 0.2) is 6.33 Å². The van der Waals surface area contributed by atoms with Crippen LogP contribution in [0.3, 0.4) is 0 Å². The van der Waals surface area contributed by atoms with Gasteiger partial charge in [0.25, 0.3) is 0 Å². The number of aromatic nitrogens is 4. The van der Waals surface area contributed by atoms with Crippen molar-refractivity contribution in [3.05, 3.63) is 51.4 Å². The smallest absolute Gasteiger partial charge is 0.317 e. The van der Waals surface area contributed by atoms with Gasteiger partial charge in [0.05, 0.1) is 11.1 Å². The standard InChI is InChI=1S/C19H25N5O3S/c1-10-11(2)14(5)24-15(6)13(4)16(17(24)12(10)3)18(25)19-20-9-23(21-19)28(26,27)22(7)8/h9H,1-8H3. The van der Waals surface area contributed by atoms with Crippen molar-refractivity contribution in [3.63, 3.8) is 0 Å². The lowest BCUT2D eigenvalue weighted by Gasteiger charge is -2.15. The Hall–Kier alpha value is -2.52. The first-order valence-electron chi connectivity index (χ1n) is 8.88. The van der Waals surface area contributed by atoms with Crippen molar-refractivity contribution >= 4 is 21.5 Å². The molecule has 3 aromatic heterocycles. The molecular formula is C19H25N5O3S. The second kappa shape index (κ2) is 6.52. The monoisotopic (exact) mass is 403 g/mol. The molecule has 3 heterocycles.